The lowest BCUT2D eigenvalue weighted by Crippen LogP contribution is -2.46. The molecular formula is C16H21N3O2S. The lowest BCUT2D eigenvalue weighted by atomic mass is 9.95. The normalized spacial score (nSPS) is 18.0. The maximum atomic E-state index is 11.7. The van der Waals surface area contributed by atoms with Gasteiger partial charge in [-0.3, -0.25) is 4.79 Å². The smallest absolute Gasteiger partial charge is 0.248 e. The quantitative estimate of drug-likeness (QED) is 0.724. The van der Waals surface area contributed by atoms with Crippen molar-refractivity contribution in [2.45, 2.75) is 26.8 Å². The Morgan fingerprint density at radius 2 is 2.00 bits per heavy atom. The monoisotopic (exact) mass is 319 g/mol. The molecule has 0 unspecified atom stereocenters. The van der Waals surface area contributed by atoms with E-state index in [9.17, 15) is 4.79 Å². The Balaban J connectivity index is 2.24. The van der Waals surface area contributed by atoms with Crippen LogP contribution < -0.4 is 21.1 Å². The first-order valence-corrected chi connectivity index (χ1v) is 7.60. The molecule has 2 rings (SSSR count). The zero-order chi connectivity index (χ0) is 16.3. The van der Waals surface area contributed by atoms with Crippen molar-refractivity contribution in [3.63, 3.8) is 0 Å². The fourth-order valence-corrected chi connectivity index (χ4v) is 2.56. The minimum Gasteiger partial charge on any atom is -0.493 e. The second-order valence-corrected chi connectivity index (χ2v) is 6.12. The molecular weight excluding hydrogens is 298 g/mol. The molecule has 5 nitrogen and oxygen atoms in total. The topological polar surface area (TPSA) is 76.4 Å². The van der Waals surface area contributed by atoms with E-state index >= 15 is 0 Å². The maximum Gasteiger partial charge on any atom is 0.248 e. The number of primary amides is 1. The Kier molecular flexibility index (Phi) is 5.03. The zero-order valence-corrected chi connectivity index (χ0v) is 13.8. The molecule has 0 spiro atoms. The SMILES string of the molecule is CC1=C(C(N)=O)[C@@H](c2ccc(OCC(C)C)cc2)NC(=S)N1. The lowest BCUT2D eigenvalue weighted by Gasteiger charge is -2.29. The van der Waals surface area contributed by atoms with Gasteiger partial charge in [-0.15, -0.1) is 0 Å². The third kappa shape index (κ3) is 3.76. The van der Waals surface area contributed by atoms with Crippen molar-refractivity contribution in [3.8, 4) is 5.75 Å². The molecule has 1 aromatic carbocycles. The Morgan fingerprint density at radius 3 is 2.55 bits per heavy atom. The summed E-state index contributed by atoms with van der Waals surface area (Å²) in [6.07, 6.45) is 0. The fourth-order valence-electron chi connectivity index (χ4n) is 2.29. The molecule has 6 heteroatoms. The summed E-state index contributed by atoms with van der Waals surface area (Å²) in [5, 5.41) is 6.49. The summed E-state index contributed by atoms with van der Waals surface area (Å²) in [6.45, 7) is 6.66. The van der Waals surface area contributed by atoms with E-state index in [2.05, 4.69) is 24.5 Å². The van der Waals surface area contributed by atoms with Gasteiger partial charge in [0, 0.05) is 5.70 Å². The molecule has 0 saturated carbocycles. The number of nitrogens with one attached hydrogen (secondary N) is 2. The van der Waals surface area contributed by atoms with Crippen LogP contribution >= 0.6 is 12.2 Å². The average molecular weight is 319 g/mol. The minimum atomic E-state index is -0.467. The second-order valence-electron chi connectivity index (χ2n) is 5.71. The molecule has 0 aliphatic carbocycles. The third-order valence-corrected chi connectivity index (χ3v) is 3.55. The van der Waals surface area contributed by atoms with Crippen LogP contribution in [0.25, 0.3) is 0 Å². The van der Waals surface area contributed by atoms with E-state index in [1.165, 1.54) is 0 Å². The summed E-state index contributed by atoms with van der Waals surface area (Å²) in [7, 11) is 0. The van der Waals surface area contributed by atoms with Gasteiger partial charge in [0.25, 0.3) is 0 Å². The number of rotatable bonds is 5. The molecule has 0 fully saturated rings. The number of nitrogens with two attached hydrogens (primary N) is 1. The van der Waals surface area contributed by atoms with Gasteiger partial charge in [0.05, 0.1) is 18.2 Å². The first-order valence-electron chi connectivity index (χ1n) is 7.19. The highest BCUT2D eigenvalue weighted by Crippen LogP contribution is 2.27. The Bertz CT molecular complexity index is 608. The van der Waals surface area contributed by atoms with Gasteiger partial charge < -0.3 is 21.1 Å². The predicted molar refractivity (Wildman–Crippen MR) is 90.3 cm³/mol. The van der Waals surface area contributed by atoms with Crippen molar-refractivity contribution in [1.82, 2.24) is 10.6 Å². The molecule has 118 valence electrons. The Hall–Kier alpha value is -2.08. The molecule has 0 radical (unpaired) electrons. The van der Waals surface area contributed by atoms with Crippen LogP contribution in [0.3, 0.4) is 0 Å². The molecule has 4 N–H and O–H groups in total. The van der Waals surface area contributed by atoms with E-state index in [1.54, 1.807) is 6.92 Å². The molecule has 0 bridgehead atoms. The summed E-state index contributed by atoms with van der Waals surface area (Å²) in [6, 6.07) is 7.26. The van der Waals surface area contributed by atoms with Gasteiger partial charge in [0.2, 0.25) is 5.91 Å². The zero-order valence-electron chi connectivity index (χ0n) is 13.0. The number of benzene rings is 1. The first-order chi connectivity index (χ1) is 10.4. The molecule has 1 heterocycles. The summed E-state index contributed by atoms with van der Waals surface area (Å²) < 4.78 is 5.66. The summed E-state index contributed by atoms with van der Waals surface area (Å²) in [5.41, 5.74) is 7.58. The number of amides is 1. The Labute approximate surface area is 135 Å². The highest BCUT2D eigenvalue weighted by molar-refractivity contribution is 7.80. The van der Waals surface area contributed by atoms with Crippen LogP contribution in [0.4, 0.5) is 0 Å². The van der Waals surface area contributed by atoms with Crippen molar-refractivity contribution >= 4 is 23.2 Å². The molecule has 1 amide bonds. The summed E-state index contributed by atoms with van der Waals surface area (Å²) >= 11 is 5.16. The molecule has 1 atom stereocenters. The minimum absolute atomic E-state index is 0.342. The largest absolute Gasteiger partial charge is 0.493 e. The van der Waals surface area contributed by atoms with Crippen molar-refractivity contribution in [3.05, 3.63) is 41.1 Å². The highest BCUT2D eigenvalue weighted by atomic mass is 32.1. The van der Waals surface area contributed by atoms with E-state index in [0.29, 0.717) is 28.9 Å². The fraction of sp³-hybridized carbons (Fsp3) is 0.375. The molecule has 1 aromatic rings. The van der Waals surface area contributed by atoms with Crippen LogP contribution in [0.15, 0.2) is 35.5 Å². The van der Waals surface area contributed by atoms with Crippen LogP contribution in [-0.4, -0.2) is 17.6 Å². The first kappa shape index (κ1) is 16.3. The van der Waals surface area contributed by atoms with Crippen molar-refractivity contribution in [2.75, 3.05) is 6.61 Å². The number of hydrogen-bond donors (Lipinski definition) is 3. The van der Waals surface area contributed by atoms with Crippen molar-refractivity contribution < 1.29 is 9.53 Å². The van der Waals surface area contributed by atoms with Gasteiger partial charge in [-0.2, -0.15) is 0 Å². The number of carbonyl (C=O) groups is 1. The molecule has 22 heavy (non-hydrogen) atoms. The van der Waals surface area contributed by atoms with Crippen molar-refractivity contribution in [1.29, 1.82) is 0 Å². The average Bonchev–Trinajstić information content (AvgIpc) is 2.44. The Morgan fingerprint density at radius 1 is 1.36 bits per heavy atom. The van der Waals surface area contributed by atoms with Gasteiger partial charge in [-0.05, 0) is 42.8 Å². The van der Waals surface area contributed by atoms with Crippen LogP contribution in [0.5, 0.6) is 5.75 Å². The lowest BCUT2D eigenvalue weighted by molar-refractivity contribution is -0.115. The molecule has 0 aromatic heterocycles. The predicted octanol–water partition coefficient (Wildman–Crippen LogP) is 2.00. The highest BCUT2D eigenvalue weighted by Gasteiger charge is 2.28. The van der Waals surface area contributed by atoms with Gasteiger partial charge >= 0.3 is 0 Å². The van der Waals surface area contributed by atoms with Crippen LogP contribution in [0.1, 0.15) is 32.4 Å². The van der Waals surface area contributed by atoms with E-state index in [4.69, 9.17) is 22.7 Å². The van der Waals surface area contributed by atoms with Crippen molar-refractivity contribution in [2.24, 2.45) is 11.7 Å². The van der Waals surface area contributed by atoms with Gasteiger partial charge in [0.15, 0.2) is 5.11 Å². The van der Waals surface area contributed by atoms with Crippen LogP contribution in [0, 0.1) is 5.92 Å². The number of allylic oxidation sites excluding steroid dienone is 1. The number of ether oxygens (including phenoxy) is 1. The molecule has 1 aliphatic heterocycles. The molecule has 0 saturated heterocycles. The summed E-state index contributed by atoms with van der Waals surface area (Å²) in [4.78, 5) is 11.7. The van der Waals surface area contributed by atoms with Gasteiger partial charge in [-0.1, -0.05) is 26.0 Å². The van der Waals surface area contributed by atoms with Crippen LogP contribution in [0.2, 0.25) is 0 Å². The third-order valence-electron chi connectivity index (χ3n) is 3.33. The number of carbonyl (C=O) groups excluding carboxylic acids is 1. The van der Waals surface area contributed by atoms with E-state index < -0.39 is 5.91 Å². The van der Waals surface area contributed by atoms with Gasteiger partial charge in [-0.25, -0.2) is 0 Å². The summed E-state index contributed by atoms with van der Waals surface area (Å²) in [5.74, 6) is 0.801. The number of thiocarbonyl (C=S) groups is 1. The van der Waals surface area contributed by atoms with Crippen LogP contribution in [-0.2, 0) is 4.79 Å². The van der Waals surface area contributed by atoms with E-state index in [-0.39, 0.29) is 6.04 Å². The van der Waals surface area contributed by atoms with E-state index in [0.717, 1.165) is 11.3 Å². The van der Waals surface area contributed by atoms with E-state index in [1.807, 2.05) is 24.3 Å². The van der Waals surface area contributed by atoms with Gasteiger partial charge in [0.1, 0.15) is 5.75 Å². The standard InChI is InChI=1S/C16H21N3O2S/c1-9(2)8-21-12-6-4-11(5-7-12)14-13(15(17)20)10(3)18-16(22)19-14/h4-7,9,14H,8H2,1-3H3,(H2,17,20)(H2,18,19,22)/t14-/m1/s1. The maximum absolute atomic E-state index is 11.7. The second kappa shape index (κ2) is 6.79. The number of hydrogen-bond acceptors (Lipinski definition) is 3. The molecule has 1 aliphatic rings.